The first kappa shape index (κ1) is 15.9. The van der Waals surface area contributed by atoms with Crippen LogP contribution in [0.4, 0.5) is 5.69 Å². The van der Waals surface area contributed by atoms with Crippen LogP contribution in [-0.2, 0) is 27.0 Å². The van der Waals surface area contributed by atoms with Gasteiger partial charge >= 0.3 is 20.6 Å². The zero-order chi connectivity index (χ0) is 14.8. The number of nitrogens with zero attached hydrogens (tertiary/aromatic N) is 1. The Labute approximate surface area is 112 Å². The van der Waals surface area contributed by atoms with Crippen LogP contribution < -0.4 is 3.71 Å². The highest BCUT2D eigenvalue weighted by molar-refractivity contribution is 8.05. The van der Waals surface area contributed by atoms with E-state index in [4.69, 9.17) is 9.11 Å². The zero-order valence-electron chi connectivity index (χ0n) is 10.4. The molecule has 0 fully saturated rings. The highest BCUT2D eigenvalue weighted by Gasteiger charge is 2.33. The monoisotopic (exact) mass is 309 g/mol. The van der Waals surface area contributed by atoms with Crippen LogP contribution in [0.15, 0.2) is 18.2 Å². The van der Waals surface area contributed by atoms with Crippen molar-refractivity contribution in [3.05, 3.63) is 29.3 Å². The second kappa shape index (κ2) is 5.45. The maximum absolute atomic E-state index is 11.2. The van der Waals surface area contributed by atoms with Gasteiger partial charge in [0.2, 0.25) is 0 Å². The molecule has 1 rings (SSSR count). The maximum Gasteiger partial charge on any atom is 0.375 e. The van der Waals surface area contributed by atoms with Gasteiger partial charge in [0.1, 0.15) is 0 Å². The molecule has 9 heteroatoms. The summed E-state index contributed by atoms with van der Waals surface area (Å²) in [5, 5.41) is 0. The summed E-state index contributed by atoms with van der Waals surface area (Å²) in [7, 11) is -10.3. The second-order valence-electron chi connectivity index (χ2n) is 3.98. The lowest BCUT2D eigenvalue weighted by Gasteiger charge is -2.21. The second-order valence-corrected chi connectivity index (χ2v) is 6.73. The Morgan fingerprint density at radius 1 is 1.11 bits per heavy atom. The van der Waals surface area contributed by atoms with Crippen LogP contribution in [0.2, 0.25) is 0 Å². The van der Waals surface area contributed by atoms with E-state index in [1.165, 1.54) is 12.1 Å². The van der Waals surface area contributed by atoms with Gasteiger partial charge in [0.05, 0.1) is 5.69 Å². The number of aryl methyl sites for hydroxylation is 1. The van der Waals surface area contributed by atoms with E-state index in [0.717, 1.165) is 0 Å². The topological polar surface area (TPSA) is 112 Å². The van der Waals surface area contributed by atoms with Crippen LogP contribution in [0.25, 0.3) is 0 Å². The van der Waals surface area contributed by atoms with Crippen LogP contribution in [-0.4, -0.2) is 25.9 Å². The number of rotatable bonds is 5. The van der Waals surface area contributed by atoms with Crippen LogP contribution in [0.3, 0.4) is 0 Å². The van der Waals surface area contributed by atoms with Crippen LogP contribution in [0, 0.1) is 6.92 Å². The SMILES string of the molecule is CCCc1c(C)cccc1N(S(=O)(=O)O)S(=O)(=O)O. The third-order valence-electron chi connectivity index (χ3n) is 2.50. The molecule has 0 atom stereocenters. The van der Waals surface area contributed by atoms with Gasteiger partial charge in [0.15, 0.2) is 0 Å². The highest BCUT2D eigenvalue weighted by atomic mass is 32.3. The van der Waals surface area contributed by atoms with E-state index in [2.05, 4.69) is 0 Å². The molecule has 0 radical (unpaired) electrons. The zero-order valence-corrected chi connectivity index (χ0v) is 12.1. The number of hydrogen-bond donors (Lipinski definition) is 2. The number of benzene rings is 1. The van der Waals surface area contributed by atoms with Crippen molar-refractivity contribution < 1.29 is 25.9 Å². The van der Waals surface area contributed by atoms with Crippen molar-refractivity contribution in [1.82, 2.24) is 0 Å². The molecule has 1 aromatic carbocycles. The molecule has 0 aromatic heterocycles. The molecule has 19 heavy (non-hydrogen) atoms. The van der Waals surface area contributed by atoms with Crippen LogP contribution in [0.5, 0.6) is 0 Å². The Bertz CT molecular complexity index is 633. The van der Waals surface area contributed by atoms with Crippen molar-refractivity contribution in [2.45, 2.75) is 26.7 Å². The molecule has 0 spiro atoms. The largest absolute Gasteiger partial charge is 0.375 e. The molecule has 0 aliphatic heterocycles. The summed E-state index contributed by atoms with van der Waals surface area (Å²) in [6.07, 6.45) is 1.05. The van der Waals surface area contributed by atoms with Gasteiger partial charge in [0, 0.05) is 0 Å². The molecule has 0 heterocycles. The quantitative estimate of drug-likeness (QED) is 0.794. The average Bonchev–Trinajstić information content (AvgIpc) is 2.19. The Morgan fingerprint density at radius 3 is 2.05 bits per heavy atom. The van der Waals surface area contributed by atoms with Gasteiger partial charge in [-0.3, -0.25) is 9.11 Å². The number of hydrogen-bond acceptors (Lipinski definition) is 4. The smallest absolute Gasteiger partial charge is 0.268 e. The lowest BCUT2D eigenvalue weighted by molar-refractivity contribution is 0.465. The molecule has 0 aliphatic carbocycles. The van der Waals surface area contributed by atoms with E-state index in [0.29, 0.717) is 24.0 Å². The van der Waals surface area contributed by atoms with Gasteiger partial charge in [-0.15, -0.1) is 3.71 Å². The summed E-state index contributed by atoms with van der Waals surface area (Å²) < 4.78 is 62.4. The standard InChI is InChI=1S/C10H15NO6S2/c1-3-5-9-8(2)6-4-7-10(9)11(18(12,13)14)19(15,16)17/h4,6-7H,3,5H2,1-2H3,(H,12,13,14)(H,15,16,17). The molecule has 7 nitrogen and oxygen atoms in total. The molecule has 0 amide bonds. The number of anilines is 1. The Morgan fingerprint density at radius 2 is 1.63 bits per heavy atom. The summed E-state index contributed by atoms with van der Waals surface area (Å²) in [6, 6.07) is 4.33. The highest BCUT2D eigenvalue weighted by Crippen LogP contribution is 2.28. The van der Waals surface area contributed by atoms with E-state index in [-0.39, 0.29) is 9.40 Å². The summed E-state index contributed by atoms with van der Waals surface area (Å²) in [6.45, 7) is 3.52. The fourth-order valence-corrected chi connectivity index (χ4v) is 3.59. The predicted octanol–water partition coefficient (Wildman–Crippen LogP) is 1.36. The van der Waals surface area contributed by atoms with Gasteiger partial charge < -0.3 is 0 Å². The Hall–Kier alpha value is -1.16. The lowest BCUT2D eigenvalue weighted by Crippen LogP contribution is -2.36. The lowest BCUT2D eigenvalue weighted by atomic mass is 10.0. The van der Waals surface area contributed by atoms with Crippen molar-refractivity contribution in [1.29, 1.82) is 0 Å². The molecule has 0 saturated carbocycles. The summed E-state index contributed by atoms with van der Waals surface area (Å²) in [5.74, 6) is 0. The van der Waals surface area contributed by atoms with Crippen molar-refractivity contribution in [2.75, 3.05) is 3.71 Å². The van der Waals surface area contributed by atoms with Crippen LogP contribution >= 0.6 is 0 Å². The van der Waals surface area contributed by atoms with Crippen molar-refractivity contribution >= 4 is 26.3 Å². The molecular weight excluding hydrogens is 294 g/mol. The minimum atomic E-state index is -5.14. The summed E-state index contributed by atoms with van der Waals surface area (Å²) >= 11 is 0. The van der Waals surface area contributed by atoms with Gasteiger partial charge in [-0.05, 0) is 30.5 Å². The van der Waals surface area contributed by atoms with E-state index < -0.39 is 20.6 Å². The van der Waals surface area contributed by atoms with Crippen molar-refractivity contribution in [3.8, 4) is 0 Å². The van der Waals surface area contributed by atoms with E-state index in [1.54, 1.807) is 13.0 Å². The fourth-order valence-electron chi connectivity index (χ4n) is 1.80. The van der Waals surface area contributed by atoms with E-state index in [1.807, 2.05) is 6.92 Å². The fraction of sp³-hybridized carbons (Fsp3) is 0.400. The minimum Gasteiger partial charge on any atom is -0.268 e. The van der Waals surface area contributed by atoms with Gasteiger partial charge in [0.25, 0.3) is 0 Å². The molecular formula is C10H15NO6S2. The summed E-state index contributed by atoms with van der Waals surface area (Å²) in [5.41, 5.74) is 0.823. The van der Waals surface area contributed by atoms with Gasteiger partial charge in [-0.1, -0.05) is 25.5 Å². The summed E-state index contributed by atoms with van der Waals surface area (Å²) in [4.78, 5) is 0. The third kappa shape index (κ3) is 3.66. The van der Waals surface area contributed by atoms with Gasteiger partial charge in [-0.25, -0.2) is 0 Å². The predicted molar refractivity (Wildman–Crippen MR) is 70.8 cm³/mol. The van der Waals surface area contributed by atoms with Crippen molar-refractivity contribution in [2.24, 2.45) is 0 Å². The molecule has 2 N–H and O–H groups in total. The average molecular weight is 309 g/mol. The first-order valence-corrected chi connectivity index (χ1v) is 8.22. The third-order valence-corrected chi connectivity index (χ3v) is 4.86. The van der Waals surface area contributed by atoms with E-state index >= 15 is 0 Å². The first-order valence-electron chi connectivity index (χ1n) is 5.43. The molecule has 0 bridgehead atoms. The molecule has 108 valence electrons. The van der Waals surface area contributed by atoms with Crippen molar-refractivity contribution in [3.63, 3.8) is 0 Å². The molecule has 0 aliphatic rings. The Balaban J connectivity index is 3.62. The molecule has 0 saturated heterocycles. The molecule has 0 unspecified atom stereocenters. The normalized spacial score (nSPS) is 12.4. The first-order chi connectivity index (χ1) is 8.59. The maximum atomic E-state index is 11.2. The minimum absolute atomic E-state index is 0.271. The molecule has 1 aromatic rings. The van der Waals surface area contributed by atoms with Gasteiger partial charge in [-0.2, -0.15) is 16.8 Å². The van der Waals surface area contributed by atoms with E-state index in [9.17, 15) is 16.8 Å². The van der Waals surface area contributed by atoms with Crippen LogP contribution in [0.1, 0.15) is 24.5 Å². The Kier molecular flexibility index (Phi) is 4.56.